The molecule has 0 aromatic heterocycles. The maximum atomic E-state index is 10.1. The summed E-state index contributed by atoms with van der Waals surface area (Å²) in [4.78, 5) is 10.1. The summed E-state index contributed by atoms with van der Waals surface area (Å²) in [6, 6.07) is 5.53. The second-order valence-corrected chi connectivity index (χ2v) is 3.08. The fourth-order valence-electron chi connectivity index (χ4n) is 1.09. The zero-order valence-corrected chi connectivity index (χ0v) is 8.17. The van der Waals surface area contributed by atoms with Crippen molar-refractivity contribution < 1.29 is 9.53 Å². The molecular formula is C10H11ClO2. The molecule has 0 bridgehead atoms. The van der Waals surface area contributed by atoms with Gasteiger partial charge in [-0.3, -0.25) is 0 Å². The van der Waals surface area contributed by atoms with E-state index in [1.54, 1.807) is 13.2 Å². The summed E-state index contributed by atoms with van der Waals surface area (Å²) in [5.41, 5.74) is 1.06. The van der Waals surface area contributed by atoms with Crippen LogP contribution in [0.4, 0.5) is 0 Å². The average Bonchev–Trinajstić information content (AvgIpc) is 2.16. The number of methoxy groups -OCH3 is 1. The molecule has 1 rings (SSSR count). The van der Waals surface area contributed by atoms with Gasteiger partial charge in [-0.05, 0) is 24.1 Å². The zero-order chi connectivity index (χ0) is 9.68. The summed E-state index contributed by atoms with van der Waals surface area (Å²) >= 11 is 5.84. The van der Waals surface area contributed by atoms with Crippen molar-refractivity contribution >= 4 is 17.9 Å². The van der Waals surface area contributed by atoms with Gasteiger partial charge in [0.05, 0.1) is 12.1 Å². The topological polar surface area (TPSA) is 26.3 Å². The molecule has 0 aliphatic rings. The molecule has 1 aromatic carbocycles. The van der Waals surface area contributed by atoms with Gasteiger partial charge in [-0.25, -0.2) is 0 Å². The van der Waals surface area contributed by atoms with E-state index in [1.165, 1.54) is 0 Å². The van der Waals surface area contributed by atoms with Crippen LogP contribution in [0, 0.1) is 0 Å². The van der Waals surface area contributed by atoms with Crippen LogP contribution in [0.1, 0.15) is 12.0 Å². The lowest BCUT2D eigenvalue weighted by Gasteiger charge is -2.04. The number of carbonyl (C=O) groups excluding carboxylic acids is 1. The molecule has 0 unspecified atom stereocenters. The van der Waals surface area contributed by atoms with Gasteiger partial charge in [0.25, 0.3) is 0 Å². The van der Waals surface area contributed by atoms with Crippen LogP contribution in [0.3, 0.4) is 0 Å². The molecule has 0 amide bonds. The van der Waals surface area contributed by atoms with Crippen molar-refractivity contribution in [3.05, 3.63) is 28.8 Å². The number of ether oxygens (including phenoxy) is 1. The highest BCUT2D eigenvalue weighted by molar-refractivity contribution is 6.32. The summed E-state index contributed by atoms with van der Waals surface area (Å²) in [5, 5.41) is 0.595. The number of halogens is 1. The third-order valence-electron chi connectivity index (χ3n) is 1.77. The van der Waals surface area contributed by atoms with Gasteiger partial charge >= 0.3 is 0 Å². The molecule has 0 saturated carbocycles. The van der Waals surface area contributed by atoms with Gasteiger partial charge in [0.2, 0.25) is 0 Å². The van der Waals surface area contributed by atoms with Crippen LogP contribution in [0.25, 0.3) is 0 Å². The van der Waals surface area contributed by atoms with Gasteiger partial charge in [-0.15, -0.1) is 0 Å². The van der Waals surface area contributed by atoms with E-state index in [0.717, 1.165) is 18.3 Å². The Kier molecular flexibility index (Phi) is 3.77. The van der Waals surface area contributed by atoms with E-state index in [-0.39, 0.29) is 0 Å². The molecule has 0 N–H and O–H groups in total. The second kappa shape index (κ2) is 4.87. The summed E-state index contributed by atoms with van der Waals surface area (Å²) in [7, 11) is 1.57. The maximum Gasteiger partial charge on any atom is 0.137 e. The summed E-state index contributed by atoms with van der Waals surface area (Å²) < 4.78 is 5.05. The third-order valence-corrected chi connectivity index (χ3v) is 2.08. The number of carbonyl (C=O) groups is 1. The molecule has 2 nitrogen and oxygen atoms in total. The number of hydrogen-bond acceptors (Lipinski definition) is 2. The monoisotopic (exact) mass is 198 g/mol. The normalized spacial score (nSPS) is 9.69. The Morgan fingerprint density at radius 2 is 2.31 bits per heavy atom. The number of benzene rings is 1. The van der Waals surface area contributed by atoms with Crippen molar-refractivity contribution in [2.45, 2.75) is 12.8 Å². The number of hydrogen-bond donors (Lipinski definition) is 0. The fourth-order valence-corrected chi connectivity index (χ4v) is 1.28. The van der Waals surface area contributed by atoms with E-state index < -0.39 is 0 Å². The highest BCUT2D eigenvalue weighted by atomic mass is 35.5. The van der Waals surface area contributed by atoms with Crippen molar-refractivity contribution in [3.63, 3.8) is 0 Å². The first-order valence-corrected chi connectivity index (χ1v) is 4.41. The van der Waals surface area contributed by atoms with E-state index in [2.05, 4.69) is 0 Å². The third kappa shape index (κ3) is 2.74. The van der Waals surface area contributed by atoms with Gasteiger partial charge in [0.15, 0.2) is 0 Å². The van der Waals surface area contributed by atoms with E-state index >= 15 is 0 Å². The van der Waals surface area contributed by atoms with Crippen LogP contribution in [-0.4, -0.2) is 13.4 Å². The molecule has 13 heavy (non-hydrogen) atoms. The maximum absolute atomic E-state index is 10.1. The molecule has 0 aliphatic heterocycles. The van der Waals surface area contributed by atoms with Crippen molar-refractivity contribution in [2.75, 3.05) is 7.11 Å². The summed E-state index contributed by atoms with van der Waals surface area (Å²) in [6.07, 6.45) is 2.17. The second-order valence-electron chi connectivity index (χ2n) is 2.67. The number of rotatable bonds is 4. The molecule has 0 atom stereocenters. The smallest absolute Gasteiger partial charge is 0.137 e. The van der Waals surface area contributed by atoms with Crippen LogP contribution in [-0.2, 0) is 11.2 Å². The first-order valence-electron chi connectivity index (χ1n) is 4.04. The molecule has 0 radical (unpaired) electrons. The van der Waals surface area contributed by atoms with Crippen molar-refractivity contribution in [1.82, 2.24) is 0 Å². The minimum atomic E-state index is 0.533. The van der Waals surface area contributed by atoms with Gasteiger partial charge in [0, 0.05) is 6.42 Å². The zero-order valence-electron chi connectivity index (χ0n) is 7.42. The molecule has 0 heterocycles. The quantitative estimate of drug-likeness (QED) is 0.695. The molecule has 1 aromatic rings. The molecule has 0 saturated heterocycles. The lowest BCUT2D eigenvalue weighted by Crippen LogP contribution is -1.89. The Hall–Kier alpha value is -1.02. The summed E-state index contributed by atoms with van der Waals surface area (Å²) in [5.74, 6) is 0.657. The highest BCUT2D eigenvalue weighted by Gasteiger charge is 2.01. The van der Waals surface area contributed by atoms with Crippen molar-refractivity contribution in [2.24, 2.45) is 0 Å². The predicted octanol–water partition coefficient (Wildman–Crippen LogP) is 2.48. The number of aldehydes is 1. The Morgan fingerprint density at radius 1 is 1.54 bits per heavy atom. The van der Waals surface area contributed by atoms with Crippen molar-refractivity contribution in [1.29, 1.82) is 0 Å². The van der Waals surface area contributed by atoms with Gasteiger partial charge in [-0.1, -0.05) is 17.7 Å². The standard InChI is InChI=1S/C10H11ClO2/c1-13-10-7-8(3-2-6-12)4-5-9(10)11/h4-7H,2-3H2,1H3. The molecular weight excluding hydrogens is 188 g/mol. The molecule has 0 aliphatic carbocycles. The fraction of sp³-hybridized carbons (Fsp3) is 0.300. The molecule has 70 valence electrons. The Labute approximate surface area is 82.5 Å². The summed E-state index contributed by atoms with van der Waals surface area (Å²) in [6.45, 7) is 0. The first-order chi connectivity index (χ1) is 6.27. The SMILES string of the molecule is COc1cc(CCC=O)ccc1Cl. The van der Waals surface area contributed by atoms with Gasteiger partial charge in [-0.2, -0.15) is 0 Å². The van der Waals surface area contributed by atoms with Gasteiger partial charge < -0.3 is 9.53 Å². The van der Waals surface area contributed by atoms with Crippen LogP contribution >= 0.6 is 11.6 Å². The Balaban J connectivity index is 2.79. The van der Waals surface area contributed by atoms with Crippen LogP contribution in [0.15, 0.2) is 18.2 Å². The predicted molar refractivity (Wildman–Crippen MR) is 52.4 cm³/mol. The molecule has 0 spiro atoms. The lowest BCUT2D eigenvalue weighted by atomic mass is 10.1. The minimum Gasteiger partial charge on any atom is -0.495 e. The van der Waals surface area contributed by atoms with Crippen LogP contribution in [0.5, 0.6) is 5.75 Å². The highest BCUT2D eigenvalue weighted by Crippen LogP contribution is 2.25. The van der Waals surface area contributed by atoms with Crippen LogP contribution in [0.2, 0.25) is 5.02 Å². The van der Waals surface area contributed by atoms with Gasteiger partial charge in [0.1, 0.15) is 12.0 Å². The van der Waals surface area contributed by atoms with E-state index in [9.17, 15) is 4.79 Å². The Morgan fingerprint density at radius 3 is 2.92 bits per heavy atom. The van der Waals surface area contributed by atoms with Crippen LogP contribution < -0.4 is 4.74 Å². The van der Waals surface area contributed by atoms with E-state index in [1.807, 2.05) is 12.1 Å². The first kappa shape index (κ1) is 10.1. The molecule has 0 fully saturated rings. The lowest BCUT2D eigenvalue weighted by molar-refractivity contribution is -0.107. The Bertz CT molecular complexity index is 297. The molecule has 3 heteroatoms. The van der Waals surface area contributed by atoms with Crippen molar-refractivity contribution in [3.8, 4) is 5.75 Å². The van der Waals surface area contributed by atoms with E-state index in [4.69, 9.17) is 16.3 Å². The minimum absolute atomic E-state index is 0.533. The average molecular weight is 199 g/mol. The van der Waals surface area contributed by atoms with E-state index in [0.29, 0.717) is 17.2 Å². The number of aryl methyl sites for hydroxylation is 1. The largest absolute Gasteiger partial charge is 0.495 e.